The molecular weight excluding hydrogens is 249 g/mol. The molecule has 0 N–H and O–H groups in total. The van der Waals surface area contributed by atoms with Crippen molar-refractivity contribution in [2.75, 3.05) is 6.61 Å². The number of hydrogen-bond donors (Lipinski definition) is 0. The van der Waals surface area contributed by atoms with Gasteiger partial charge in [-0.05, 0) is 0 Å². The van der Waals surface area contributed by atoms with Crippen LogP contribution in [-0.4, -0.2) is 32.1 Å². The number of rotatable bonds is 3. The fraction of sp³-hybridized carbons (Fsp3) is 0.500. The average molecular weight is 259 g/mol. The molecule has 0 saturated heterocycles. The number of aryl methyl sites for hydroxylation is 1. The second-order valence-corrected chi connectivity index (χ2v) is 4.92. The molecule has 0 aliphatic heterocycles. The van der Waals surface area contributed by atoms with Crippen LogP contribution in [0.5, 0.6) is 0 Å². The van der Waals surface area contributed by atoms with E-state index >= 15 is 0 Å². The molecule has 0 bridgehead atoms. The van der Waals surface area contributed by atoms with E-state index in [-0.39, 0.29) is 20.5 Å². The molecule has 74 valence electrons. The Morgan fingerprint density at radius 2 is 2.43 bits per heavy atom. The van der Waals surface area contributed by atoms with Gasteiger partial charge in [-0.3, -0.25) is 0 Å². The van der Waals surface area contributed by atoms with E-state index in [1.54, 1.807) is 0 Å². The number of aromatic nitrogens is 1. The number of hydrogen-bond acceptors (Lipinski definition) is 4. The molecule has 1 aromatic rings. The normalized spacial score (nSPS) is 9.50. The molecule has 1 heterocycles. The molecule has 0 amide bonds. The molecule has 0 saturated carbocycles. The summed E-state index contributed by atoms with van der Waals surface area (Å²) in [5.41, 5.74) is 0.880. The van der Waals surface area contributed by atoms with Crippen molar-refractivity contribution in [2.24, 2.45) is 0 Å². The van der Waals surface area contributed by atoms with E-state index < -0.39 is 0 Å². The Morgan fingerprint density at radius 1 is 1.71 bits per heavy atom. The summed E-state index contributed by atoms with van der Waals surface area (Å²) in [7, 11) is 0. The topological polar surface area (TPSA) is 67.3 Å². The zero-order chi connectivity index (χ0) is 10.6. The number of carbonyl (C=O) groups is 1. The Hall–Kier alpha value is -1.18. The maximum atomic E-state index is 10.5. The Morgan fingerprint density at radius 3 is 2.93 bits per heavy atom. The summed E-state index contributed by atoms with van der Waals surface area (Å²) in [6.45, 7) is 3.62. The summed E-state index contributed by atoms with van der Waals surface area (Å²) in [6.07, 6.45) is 0.675. The number of esters is 1. The second-order valence-electron chi connectivity index (χ2n) is 2.70. The SMILES string of the molecule is CC(=O)OCCc1[se]c([N+]#N)nc1C. The summed E-state index contributed by atoms with van der Waals surface area (Å²) < 4.78 is 6.41. The van der Waals surface area contributed by atoms with Gasteiger partial charge in [0.15, 0.2) is 0 Å². The third-order valence-corrected chi connectivity index (χ3v) is 3.91. The van der Waals surface area contributed by atoms with Crippen LogP contribution in [0.15, 0.2) is 0 Å². The third-order valence-electron chi connectivity index (χ3n) is 1.60. The summed E-state index contributed by atoms with van der Waals surface area (Å²) in [6, 6.07) is 0. The van der Waals surface area contributed by atoms with Crippen molar-refractivity contribution >= 4 is 25.2 Å². The molecule has 6 heteroatoms. The van der Waals surface area contributed by atoms with Gasteiger partial charge < -0.3 is 0 Å². The standard InChI is InChI=1S/C8H10N3O2Se/c1-5-7(3-4-13-6(2)12)14-8(10-5)11-9/h3-4H2,1-2H3/q+1. The first-order chi connectivity index (χ1) is 6.63. The fourth-order valence-corrected chi connectivity index (χ4v) is 2.70. The number of ether oxygens (including phenoxy) is 1. The zero-order valence-corrected chi connectivity index (χ0v) is 9.69. The summed E-state index contributed by atoms with van der Waals surface area (Å²) in [5.74, 6) is -0.276. The van der Waals surface area contributed by atoms with Crippen molar-refractivity contribution in [1.82, 2.24) is 4.98 Å². The van der Waals surface area contributed by atoms with Gasteiger partial charge in [0, 0.05) is 0 Å². The van der Waals surface area contributed by atoms with Gasteiger partial charge in [-0.25, -0.2) is 0 Å². The van der Waals surface area contributed by atoms with Crippen LogP contribution >= 0.6 is 0 Å². The van der Waals surface area contributed by atoms with Crippen LogP contribution in [0.25, 0.3) is 4.98 Å². The Bertz CT molecular complexity index is 380. The van der Waals surface area contributed by atoms with Gasteiger partial charge in [-0.1, -0.05) is 0 Å². The van der Waals surface area contributed by atoms with Crippen molar-refractivity contribution in [2.45, 2.75) is 20.3 Å². The van der Waals surface area contributed by atoms with Gasteiger partial charge in [0.25, 0.3) is 0 Å². The fourth-order valence-electron chi connectivity index (χ4n) is 0.975. The van der Waals surface area contributed by atoms with Gasteiger partial charge in [0.05, 0.1) is 0 Å². The van der Waals surface area contributed by atoms with E-state index in [4.69, 9.17) is 10.1 Å². The van der Waals surface area contributed by atoms with E-state index in [2.05, 4.69) is 9.96 Å². The molecule has 14 heavy (non-hydrogen) atoms. The predicted molar refractivity (Wildman–Crippen MR) is 51.0 cm³/mol. The first-order valence-electron chi connectivity index (χ1n) is 4.08. The summed E-state index contributed by atoms with van der Waals surface area (Å²) >= 11 is -0.0149. The predicted octanol–water partition coefficient (Wildman–Crippen LogP) is 1.04. The number of nitrogens with zero attached hydrogens (tertiary/aromatic N) is 3. The van der Waals surface area contributed by atoms with Crippen LogP contribution in [0, 0.1) is 12.3 Å². The summed E-state index contributed by atoms with van der Waals surface area (Å²) in [4.78, 5) is 17.6. The quantitative estimate of drug-likeness (QED) is 0.462. The van der Waals surface area contributed by atoms with Gasteiger partial charge in [-0.2, -0.15) is 0 Å². The van der Waals surface area contributed by atoms with Crippen LogP contribution in [0.3, 0.4) is 0 Å². The van der Waals surface area contributed by atoms with Crippen molar-refractivity contribution < 1.29 is 9.53 Å². The monoisotopic (exact) mass is 260 g/mol. The molecule has 1 aromatic heterocycles. The van der Waals surface area contributed by atoms with E-state index in [0.717, 1.165) is 10.1 Å². The molecule has 0 radical (unpaired) electrons. The Labute approximate surface area is 87.5 Å². The molecule has 0 aliphatic rings. The van der Waals surface area contributed by atoms with Crippen LogP contribution in [0.1, 0.15) is 17.1 Å². The van der Waals surface area contributed by atoms with Crippen LogP contribution in [-0.2, 0) is 16.0 Å². The van der Waals surface area contributed by atoms with Crippen LogP contribution in [0.2, 0.25) is 0 Å². The van der Waals surface area contributed by atoms with Crippen molar-refractivity contribution in [3.8, 4) is 0 Å². The second kappa shape index (κ2) is 4.89. The first-order valence-corrected chi connectivity index (χ1v) is 5.79. The van der Waals surface area contributed by atoms with E-state index in [1.807, 2.05) is 6.92 Å². The van der Waals surface area contributed by atoms with Gasteiger partial charge in [0.2, 0.25) is 0 Å². The van der Waals surface area contributed by atoms with Crippen molar-refractivity contribution in [1.29, 1.82) is 5.39 Å². The van der Waals surface area contributed by atoms with Gasteiger partial charge >= 0.3 is 87.1 Å². The molecule has 1 rings (SSSR count). The average Bonchev–Trinajstić information content (AvgIpc) is 2.47. The van der Waals surface area contributed by atoms with Crippen molar-refractivity contribution in [3.05, 3.63) is 15.1 Å². The minimum atomic E-state index is -0.276. The van der Waals surface area contributed by atoms with E-state index in [1.165, 1.54) is 6.92 Å². The number of diazo groups is 1. The molecule has 0 unspecified atom stereocenters. The van der Waals surface area contributed by atoms with Crippen molar-refractivity contribution in [3.63, 3.8) is 0 Å². The molecular formula is C8H10N3O2Se+. The third kappa shape index (κ3) is 2.95. The minimum absolute atomic E-state index is 0.0149. The molecule has 0 aliphatic carbocycles. The first kappa shape index (κ1) is 10.9. The summed E-state index contributed by atoms with van der Waals surface area (Å²) in [5, 5.41) is 8.51. The Kier molecular flexibility index (Phi) is 3.81. The van der Waals surface area contributed by atoms with Crippen LogP contribution < -0.4 is 0 Å². The van der Waals surface area contributed by atoms with E-state index in [9.17, 15) is 4.79 Å². The zero-order valence-electron chi connectivity index (χ0n) is 7.98. The molecule has 0 atom stereocenters. The molecule has 5 nitrogen and oxygen atoms in total. The molecule has 0 aromatic carbocycles. The van der Waals surface area contributed by atoms with Gasteiger partial charge in [0.1, 0.15) is 0 Å². The van der Waals surface area contributed by atoms with Crippen LogP contribution in [0.4, 0.5) is 4.69 Å². The van der Waals surface area contributed by atoms with Gasteiger partial charge in [-0.15, -0.1) is 0 Å². The molecule has 0 fully saturated rings. The van der Waals surface area contributed by atoms with E-state index in [0.29, 0.717) is 17.7 Å². The number of carbonyl (C=O) groups excluding carboxylic acids is 1. The molecule has 0 spiro atoms. The maximum absolute atomic E-state index is 10.5. The Balaban J connectivity index is 2.55.